The predicted molar refractivity (Wildman–Crippen MR) is 79.8 cm³/mol. The number of hydrogen-bond donors (Lipinski definition) is 0. The Labute approximate surface area is 123 Å². The van der Waals surface area contributed by atoms with E-state index < -0.39 is 0 Å². The van der Waals surface area contributed by atoms with E-state index in [0.717, 1.165) is 29.5 Å². The van der Waals surface area contributed by atoms with Crippen LogP contribution in [-0.4, -0.2) is 30.1 Å². The van der Waals surface area contributed by atoms with Gasteiger partial charge in [-0.3, -0.25) is 4.90 Å². The molecule has 0 amide bonds. The lowest BCUT2D eigenvalue weighted by molar-refractivity contribution is 0.231. The molecule has 0 unspecified atom stereocenters. The van der Waals surface area contributed by atoms with Crippen molar-refractivity contribution in [2.75, 3.05) is 20.2 Å². The predicted octanol–water partition coefficient (Wildman–Crippen LogP) is 2.83. The molecule has 0 radical (unpaired) electrons. The zero-order valence-electron chi connectivity index (χ0n) is 11.7. The normalized spacial score (nSPS) is 10.5. The standard InChI is InChI=1S/C15H17N3OS/c1-12-17-14(11-20-12)10-18(2)6-7-19-15-5-3-4-13(8-15)9-16/h3-5,8,11H,6-7,10H2,1-2H3. The van der Waals surface area contributed by atoms with Crippen molar-refractivity contribution in [1.82, 2.24) is 9.88 Å². The molecule has 0 N–H and O–H groups in total. The molecule has 0 spiro atoms. The van der Waals surface area contributed by atoms with Gasteiger partial charge in [0.1, 0.15) is 12.4 Å². The molecule has 2 aromatic rings. The van der Waals surface area contributed by atoms with Crippen molar-refractivity contribution >= 4 is 11.3 Å². The highest BCUT2D eigenvalue weighted by Gasteiger charge is 2.04. The summed E-state index contributed by atoms with van der Waals surface area (Å²) in [6.45, 7) is 4.24. The van der Waals surface area contributed by atoms with Gasteiger partial charge in [-0.15, -0.1) is 11.3 Å². The molecule has 1 aromatic heterocycles. The second kappa shape index (κ2) is 7.04. The first kappa shape index (κ1) is 14.5. The summed E-state index contributed by atoms with van der Waals surface area (Å²) in [5, 5.41) is 12.0. The molecule has 0 aliphatic carbocycles. The van der Waals surface area contributed by atoms with Crippen molar-refractivity contribution in [1.29, 1.82) is 5.26 Å². The first-order valence-electron chi connectivity index (χ1n) is 6.40. The summed E-state index contributed by atoms with van der Waals surface area (Å²) in [6, 6.07) is 9.32. The van der Waals surface area contributed by atoms with Crippen LogP contribution in [0.3, 0.4) is 0 Å². The van der Waals surface area contributed by atoms with Gasteiger partial charge in [0.05, 0.1) is 22.3 Å². The summed E-state index contributed by atoms with van der Waals surface area (Å²) < 4.78 is 5.65. The molecule has 104 valence electrons. The highest BCUT2D eigenvalue weighted by atomic mass is 32.1. The van der Waals surface area contributed by atoms with Gasteiger partial charge in [0.2, 0.25) is 0 Å². The van der Waals surface area contributed by atoms with Crippen LogP contribution in [0.15, 0.2) is 29.6 Å². The molecule has 0 aliphatic heterocycles. The molecule has 0 fully saturated rings. The lowest BCUT2D eigenvalue weighted by atomic mass is 10.2. The summed E-state index contributed by atoms with van der Waals surface area (Å²) >= 11 is 1.67. The zero-order chi connectivity index (χ0) is 14.4. The number of benzene rings is 1. The van der Waals surface area contributed by atoms with E-state index in [1.54, 1.807) is 23.5 Å². The Morgan fingerprint density at radius 2 is 2.30 bits per heavy atom. The molecule has 1 heterocycles. The molecular formula is C15H17N3OS. The van der Waals surface area contributed by atoms with E-state index in [2.05, 4.69) is 21.3 Å². The molecular weight excluding hydrogens is 270 g/mol. The average Bonchev–Trinajstić information content (AvgIpc) is 2.84. The van der Waals surface area contributed by atoms with Crippen LogP contribution in [0, 0.1) is 18.3 Å². The number of ether oxygens (including phenoxy) is 1. The summed E-state index contributed by atoms with van der Waals surface area (Å²) in [5.41, 5.74) is 1.72. The lowest BCUT2D eigenvalue weighted by Gasteiger charge is -2.15. The van der Waals surface area contributed by atoms with E-state index in [1.165, 1.54) is 0 Å². The minimum atomic E-state index is 0.592. The van der Waals surface area contributed by atoms with Crippen LogP contribution in [-0.2, 0) is 6.54 Å². The second-order valence-corrected chi connectivity index (χ2v) is 5.65. The van der Waals surface area contributed by atoms with Gasteiger partial charge in [-0.05, 0) is 32.2 Å². The Morgan fingerprint density at radius 1 is 1.45 bits per heavy atom. The molecule has 1 aromatic carbocycles. The number of likely N-dealkylation sites (N-methyl/N-ethyl adjacent to an activating group) is 1. The molecule has 4 nitrogen and oxygen atoms in total. The Morgan fingerprint density at radius 3 is 3.00 bits per heavy atom. The fraction of sp³-hybridized carbons (Fsp3) is 0.333. The number of nitrogens with zero attached hydrogens (tertiary/aromatic N) is 3. The van der Waals surface area contributed by atoms with Crippen LogP contribution in [0.4, 0.5) is 0 Å². The van der Waals surface area contributed by atoms with Crippen LogP contribution in [0.2, 0.25) is 0 Å². The van der Waals surface area contributed by atoms with Gasteiger partial charge in [-0.2, -0.15) is 5.26 Å². The first-order chi connectivity index (χ1) is 9.67. The quantitative estimate of drug-likeness (QED) is 0.819. The molecule has 2 rings (SSSR count). The maximum absolute atomic E-state index is 8.82. The third-order valence-corrected chi connectivity index (χ3v) is 3.63. The fourth-order valence-electron chi connectivity index (χ4n) is 1.81. The van der Waals surface area contributed by atoms with Gasteiger partial charge in [-0.1, -0.05) is 6.07 Å². The summed E-state index contributed by atoms with van der Waals surface area (Å²) in [6.07, 6.45) is 0. The molecule has 20 heavy (non-hydrogen) atoms. The van der Waals surface area contributed by atoms with Crippen LogP contribution in [0.1, 0.15) is 16.3 Å². The van der Waals surface area contributed by atoms with Gasteiger partial charge in [0, 0.05) is 18.5 Å². The largest absolute Gasteiger partial charge is 0.492 e. The van der Waals surface area contributed by atoms with Gasteiger partial charge >= 0.3 is 0 Å². The Bertz CT molecular complexity index is 603. The van der Waals surface area contributed by atoms with Crippen molar-refractivity contribution in [3.05, 3.63) is 45.9 Å². The molecule has 0 saturated heterocycles. The third kappa shape index (κ3) is 4.34. The monoisotopic (exact) mass is 287 g/mol. The Hall–Kier alpha value is -1.90. The van der Waals surface area contributed by atoms with Crippen molar-refractivity contribution in [3.63, 3.8) is 0 Å². The van der Waals surface area contributed by atoms with Gasteiger partial charge in [-0.25, -0.2) is 4.98 Å². The van der Waals surface area contributed by atoms with E-state index in [1.807, 2.05) is 26.1 Å². The summed E-state index contributed by atoms with van der Waals surface area (Å²) in [7, 11) is 2.05. The average molecular weight is 287 g/mol. The van der Waals surface area contributed by atoms with Crippen LogP contribution in [0.5, 0.6) is 5.75 Å². The molecule has 0 aliphatic rings. The SMILES string of the molecule is Cc1nc(CN(C)CCOc2cccc(C#N)c2)cs1. The van der Waals surface area contributed by atoms with E-state index >= 15 is 0 Å². The number of hydrogen-bond acceptors (Lipinski definition) is 5. The topological polar surface area (TPSA) is 49.2 Å². The molecule has 0 atom stereocenters. The number of nitriles is 1. The van der Waals surface area contributed by atoms with Crippen LogP contribution in [0.25, 0.3) is 0 Å². The van der Waals surface area contributed by atoms with E-state index in [4.69, 9.17) is 10.00 Å². The lowest BCUT2D eigenvalue weighted by Crippen LogP contribution is -2.24. The van der Waals surface area contributed by atoms with Crippen LogP contribution < -0.4 is 4.74 Å². The molecule has 5 heteroatoms. The Balaban J connectivity index is 1.76. The summed E-state index contributed by atoms with van der Waals surface area (Å²) in [4.78, 5) is 6.61. The highest BCUT2D eigenvalue weighted by Crippen LogP contribution is 2.13. The van der Waals surface area contributed by atoms with Gasteiger partial charge in [0.15, 0.2) is 0 Å². The zero-order valence-corrected chi connectivity index (χ0v) is 12.5. The fourth-order valence-corrected chi connectivity index (χ4v) is 2.42. The third-order valence-electron chi connectivity index (χ3n) is 2.80. The minimum absolute atomic E-state index is 0.592. The van der Waals surface area contributed by atoms with Crippen molar-refractivity contribution < 1.29 is 4.74 Å². The summed E-state index contributed by atoms with van der Waals surface area (Å²) in [5.74, 6) is 0.738. The molecule has 0 bridgehead atoms. The van der Waals surface area contributed by atoms with Crippen molar-refractivity contribution in [2.45, 2.75) is 13.5 Å². The van der Waals surface area contributed by atoms with Gasteiger partial charge < -0.3 is 4.74 Å². The first-order valence-corrected chi connectivity index (χ1v) is 7.28. The van der Waals surface area contributed by atoms with E-state index in [9.17, 15) is 0 Å². The maximum Gasteiger partial charge on any atom is 0.120 e. The van der Waals surface area contributed by atoms with E-state index in [-0.39, 0.29) is 0 Å². The highest BCUT2D eigenvalue weighted by molar-refractivity contribution is 7.09. The Kier molecular flexibility index (Phi) is 5.10. The number of aryl methyl sites for hydroxylation is 1. The number of rotatable bonds is 6. The number of thiazole rings is 1. The smallest absolute Gasteiger partial charge is 0.120 e. The van der Waals surface area contributed by atoms with E-state index in [0.29, 0.717) is 12.2 Å². The minimum Gasteiger partial charge on any atom is -0.492 e. The second-order valence-electron chi connectivity index (χ2n) is 4.58. The molecule has 0 saturated carbocycles. The maximum atomic E-state index is 8.82. The number of aromatic nitrogens is 1. The van der Waals surface area contributed by atoms with Gasteiger partial charge in [0.25, 0.3) is 0 Å². The van der Waals surface area contributed by atoms with Crippen molar-refractivity contribution in [2.24, 2.45) is 0 Å². The van der Waals surface area contributed by atoms with Crippen molar-refractivity contribution in [3.8, 4) is 11.8 Å². The van der Waals surface area contributed by atoms with Crippen LogP contribution >= 0.6 is 11.3 Å².